The zero-order valence-electron chi connectivity index (χ0n) is 10.4. The van der Waals surface area contributed by atoms with Crippen molar-refractivity contribution in [1.29, 1.82) is 0 Å². The molecule has 0 heterocycles. The van der Waals surface area contributed by atoms with Crippen LogP contribution >= 0.6 is 0 Å². The molecule has 1 N–H and O–H groups in total. The molecule has 4 heteroatoms. The van der Waals surface area contributed by atoms with Crippen LogP contribution in [0.25, 0.3) is 0 Å². The van der Waals surface area contributed by atoms with E-state index in [-0.39, 0.29) is 18.1 Å². The predicted octanol–water partition coefficient (Wildman–Crippen LogP) is 1.20. The van der Waals surface area contributed by atoms with Gasteiger partial charge in [0.1, 0.15) is 0 Å². The van der Waals surface area contributed by atoms with Gasteiger partial charge in [0.25, 0.3) is 0 Å². The van der Waals surface area contributed by atoms with Crippen LogP contribution in [0.2, 0.25) is 0 Å². The second-order valence-electron chi connectivity index (χ2n) is 4.48. The van der Waals surface area contributed by atoms with Crippen molar-refractivity contribution in [2.24, 2.45) is 5.92 Å². The quantitative estimate of drug-likeness (QED) is 0.651. The monoisotopic (exact) mass is 217 g/mol. The highest BCUT2D eigenvalue weighted by Crippen LogP contribution is 2.18. The van der Waals surface area contributed by atoms with Gasteiger partial charge in [0.05, 0.1) is 19.3 Å². The third kappa shape index (κ3) is 7.33. The molecule has 0 amide bonds. The van der Waals surface area contributed by atoms with Gasteiger partial charge in [-0.2, -0.15) is 0 Å². The minimum Gasteiger partial charge on any atom is -0.468 e. The van der Waals surface area contributed by atoms with E-state index in [4.69, 9.17) is 4.74 Å². The zero-order chi connectivity index (χ0) is 11.9. The Balaban J connectivity index is 3.66. The number of methoxy groups -OCH3 is 2. The number of hydrogen-bond acceptors (Lipinski definition) is 4. The number of rotatable bonds is 7. The lowest BCUT2D eigenvalue weighted by Gasteiger charge is -2.26. The van der Waals surface area contributed by atoms with Crippen LogP contribution in [0, 0.1) is 5.92 Å². The van der Waals surface area contributed by atoms with Gasteiger partial charge < -0.3 is 14.8 Å². The Morgan fingerprint density at radius 1 is 1.40 bits per heavy atom. The molecule has 0 saturated carbocycles. The van der Waals surface area contributed by atoms with Crippen molar-refractivity contribution in [3.8, 4) is 0 Å². The second-order valence-corrected chi connectivity index (χ2v) is 4.48. The summed E-state index contributed by atoms with van der Waals surface area (Å²) in [5.41, 5.74) is -0.105. The molecule has 0 fully saturated rings. The number of hydrogen-bond donors (Lipinski definition) is 1. The number of nitrogens with one attached hydrogen (secondary N) is 1. The Morgan fingerprint density at radius 2 is 2.00 bits per heavy atom. The maximum absolute atomic E-state index is 10.8. The molecule has 0 rings (SSSR count). The van der Waals surface area contributed by atoms with E-state index in [0.717, 1.165) is 13.0 Å². The zero-order valence-corrected chi connectivity index (χ0v) is 10.4. The average molecular weight is 217 g/mol. The first-order valence-electron chi connectivity index (χ1n) is 5.24. The Hall–Kier alpha value is -0.610. The van der Waals surface area contributed by atoms with Crippen LogP contribution in [0.15, 0.2) is 0 Å². The molecule has 90 valence electrons. The molecule has 0 aromatic carbocycles. The van der Waals surface area contributed by atoms with Crippen LogP contribution in [-0.4, -0.2) is 38.9 Å². The normalized spacial score (nSPS) is 13.7. The molecule has 1 unspecified atom stereocenters. The Labute approximate surface area is 92.3 Å². The third-order valence-corrected chi connectivity index (χ3v) is 2.38. The van der Waals surface area contributed by atoms with Gasteiger partial charge in [-0.15, -0.1) is 0 Å². The topological polar surface area (TPSA) is 47.6 Å². The van der Waals surface area contributed by atoms with E-state index in [2.05, 4.69) is 30.8 Å². The summed E-state index contributed by atoms with van der Waals surface area (Å²) in [4.78, 5) is 10.8. The van der Waals surface area contributed by atoms with Gasteiger partial charge in [-0.3, -0.25) is 4.79 Å². The van der Waals surface area contributed by atoms with Crippen LogP contribution in [0.5, 0.6) is 0 Å². The van der Waals surface area contributed by atoms with Gasteiger partial charge in [-0.25, -0.2) is 0 Å². The highest BCUT2D eigenvalue weighted by molar-refractivity contribution is 5.71. The lowest BCUT2D eigenvalue weighted by atomic mass is 9.95. The number of ether oxygens (including phenoxy) is 2. The van der Waals surface area contributed by atoms with Gasteiger partial charge in [-0.05, 0) is 32.7 Å². The molecule has 0 saturated heterocycles. The molecular formula is C11H23NO3. The highest BCUT2D eigenvalue weighted by Gasteiger charge is 2.19. The van der Waals surface area contributed by atoms with Crippen molar-refractivity contribution >= 4 is 5.97 Å². The van der Waals surface area contributed by atoms with Gasteiger partial charge in [-0.1, -0.05) is 6.92 Å². The van der Waals surface area contributed by atoms with E-state index in [1.165, 1.54) is 7.11 Å². The molecule has 0 aliphatic rings. The summed E-state index contributed by atoms with van der Waals surface area (Å²) in [6.45, 7) is 7.31. The fraction of sp³-hybridized carbons (Fsp3) is 0.909. The number of carbonyl (C=O) groups excluding carboxylic acids is 1. The summed E-state index contributed by atoms with van der Waals surface area (Å²) in [5.74, 6) is 0.234. The Kier molecular flexibility index (Phi) is 6.52. The van der Waals surface area contributed by atoms with Crippen LogP contribution in [-0.2, 0) is 14.3 Å². The molecule has 4 nitrogen and oxygen atoms in total. The van der Waals surface area contributed by atoms with Crippen molar-refractivity contribution in [1.82, 2.24) is 5.32 Å². The van der Waals surface area contributed by atoms with Crippen LogP contribution < -0.4 is 5.32 Å². The molecule has 0 spiro atoms. The van der Waals surface area contributed by atoms with Crippen molar-refractivity contribution in [3.63, 3.8) is 0 Å². The molecular weight excluding hydrogens is 194 g/mol. The van der Waals surface area contributed by atoms with Crippen LogP contribution in [0.4, 0.5) is 0 Å². The Morgan fingerprint density at radius 3 is 2.47 bits per heavy atom. The minimum absolute atomic E-state index is 0.105. The molecule has 0 aromatic rings. The van der Waals surface area contributed by atoms with E-state index in [9.17, 15) is 4.79 Å². The van der Waals surface area contributed by atoms with Gasteiger partial charge in [0.15, 0.2) is 0 Å². The lowest BCUT2D eigenvalue weighted by Crippen LogP contribution is -2.32. The molecule has 0 radical (unpaired) electrons. The van der Waals surface area contributed by atoms with Gasteiger partial charge in [0.2, 0.25) is 0 Å². The van der Waals surface area contributed by atoms with Crippen molar-refractivity contribution in [2.75, 3.05) is 27.3 Å². The third-order valence-electron chi connectivity index (χ3n) is 2.38. The molecule has 15 heavy (non-hydrogen) atoms. The maximum atomic E-state index is 10.8. The number of carbonyl (C=O) groups is 1. The van der Waals surface area contributed by atoms with E-state index in [1.807, 2.05) is 0 Å². The minimum atomic E-state index is -0.229. The average Bonchev–Trinajstić information content (AvgIpc) is 2.16. The van der Waals surface area contributed by atoms with Crippen LogP contribution in [0.3, 0.4) is 0 Å². The standard InChI is InChI=1S/C11H23NO3/c1-9(6-11(2,3)15-5)7-12-8-10(13)14-4/h9,12H,6-8H2,1-5H3. The summed E-state index contributed by atoms with van der Waals surface area (Å²) in [6, 6.07) is 0. The summed E-state index contributed by atoms with van der Waals surface area (Å²) in [7, 11) is 3.11. The molecule has 0 aromatic heterocycles. The summed E-state index contributed by atoms with van der Waals surface area (Å²) in [5, 5.41) is 3.05. The summed E-state index contributed by atoms with van der Waals surface area (Å²) in [6.07, 6.45) is 0.956. The largest absolute Gasteiger partial charge is 0.468 e. The maximum Gasteiger partial charge on any atom is 0.319 e. The van der Waals surface area contributed by atoms with E-state index in [0.29, 0.717) is 5.92 Å². The van der Waals surface area contributed by atoms with Crippen molar-refractivity contribution < 1.29 is 14.3 Å². The first-order valence-corrected chi connectivity index (χ1v) is 5.24. The molecule has 0 aliphatic heterocycles. The predicted molar refractivity (Wildman–Crippen MR) is 59.8 cm³/mol. The van der Waals surface area contributed by atoms with Gasteiger partial charge in [0, 0.05) is 7.11 Å². The SMILES string of the molecule is COC(=O)CNCC(C)CC(C)(C)OC. The lowest BCUT2D eigenvalue weighted by molar-refractivity contribution is -0.139. The van der Waals surface area contributed by atoms with Crippen molar-refractivity contribution in [2.45, 2.75) is 32.8 Å². The van der Waals surface area contributed by atoms with Gasteiger partial charge >= 0.3 is 5.97 Å². The molecule has 0 bridgehead atoms. The number of esters is 1. The van der Waals surface area contributed by atoms with E-state index < -0.39 is 0 Å². The van der Waals surface area contributed by atoms with E-state index >= 15 is 0 Å². The first kappa shape index (κ1) is 14.4. The van der Waals surface area contributed by atoms with E-state index in [1.54, 1.807) is 7.11 Å². The van der Waals surface area contributed by atoms with Crippen molar-refractivity contribution in [3.05, 3.63) is 0 Å². The molecule has 0 aliphatic carbocycles. The second kappa shape index (κ2) is 6.80. The fourth-order valence-corrected chi connectivity index (χ4v) is 1.49. The smallest absolute Gasteiger partial charge is 0.319 e. The Bertz CT molecular complexity index is 192. The first-order chi connectivity index (χ1) is 6.91. The summed E-state index contributed by atoms with van der Waals surface area (Å²) < 4.78 is 9.87. The summed E-state index contributed by atoms with van der Waals surface area (Å²) >= 11 is 0. The van der Waals surface area contributed by atoms with Crippen LogP contribution in [0.1, 0.15) is 27.2 Å². The highest BCUT2D eigenvalue weighted by atomic mass is 16.5. The fourth-order valence-electron chi connectivity index (χ4n) is 1.49. The molecule has 1 atom stereocenters.